The Balaban J connectivity index is 1.60. The van der Waals surface area contributed by atoms with Crippen LogP contribution in [0.15, 0.2) is 78.2 Å². The number of pyridine rings is 1. The van der Waals surface area contributed by atoms with Crippen LogP contribution in [0.4, 0.5) is 0 Å². The maximum Gasteiger partial charge on any atom is 0.213 e. The summed E-state index contributed by atoms with van der Waals surface area (Å²) in [6.45, 7) is 0. The van der Waals surface area contributed by atoms with E-state index in [2.05, 4.69) is 11.1 Å². The zero-order valence-corrected chi connectivity index (χ0v) is 14.0. The number of aromatic nitrogens is 1. The van der Waals surface area contributed by atoms with Crippen LogP contribution in [-0.2, 0) is 0 Å². The smallest absolute Gasteiger partial charge is 0.213 e. The highest BCUT2D eigenvalue weighted by atomic mass is 16.5. The van der Waals surface area contributed by atoms with Gasteiger partial charge in [-0.15, -0.1) is 0 Å². The third-order valence-corrected chi connectivity index (χ3v) is 4.87. The van der Waals surface area contributed by atoms with Gasteiger partial charge in [0.2, 0.25) is 6.23 Å². The molecule has 0 amide bonds. The van der Waals surface area contributed by atoms with Gasteiger partial charge in [-0.25, -0.2) is 5.01 Å². The lowest BCUT2D eigenvalue weighted by atomic mass is 9.96. The lowest BCUT2D eigenvalue weighted by Gasteiger charge is -2.38. The number of benzene rings is 2. The zero-order chi connectivity index (χ0) is 17.5. The predicted octanol–water partition coefficient (Wildman–Crippen LogP) is 4.03. The van der Waals surface area contributed by atoms with Gasteiger partial charge in [0.05, 0.1) is 11.8 Å². The van der Waals surface area contributed by atoms with Crippen LogP contribution in [0.1, 0.15) is 35.4 Å². The summed E-state index contributed by atoms with van der Waals surface area (Å²) in [5.41, 5.74) is 4.03. The third-order valence-electron chi connectivity index (χ3n) is 4.87. The molecule has 0 saturated heterocycles. The molecule has 0 radical (unpaired) electrons. The fourth-order valence-corrected chi connectivity index (χ4v) is 3.64. The van der Waals surface area contributed by atoms with E-state index in [0.29, 0.717) is 0 Å². The van der Waals surface area contributed by atoms with Crippen LogP contribution >= 0.6 is 0 Å². The van der Waals surface area contributed by atoms with E-state index >= 15 is 0 Å². The van der Waals surface area contributed by atoms with Gasteiger partial charge in [-0.2, -0.15) is 5.10 Å². The summed E-state index contributed by atoms with van der Waals surface area (Å²) in [5.74, 6) is 1.14. The topological polar surface area (TPSA) is 58.0 Å². The molecule has 2 aliphatic rings. The minimum Gasteiger partial charge on any atom is -0.508 e. The lowest BCUT2D eigenvalue weighted by molar-refractivity contribution is -0.0190. The fourth-order valence-electron chi connectivity index (χ4n) is 3.64. The number of rotatable bonds is 2. The molecular formula is C21H17N3O2. The summed E-state index contributed by atoms with van der Waals surface area (Å²) in [6, 6.07) is 19.4. The summed E-state index contributed by atoms with van der Waals surface area (Å²) in [7, 11) is 0. The average Bonchev–Trinajstić information content (AvgIpc) is 3.14. The van der Waals surface area contributed by atoms with Gasteiger partial charge in [0.25, 0.3) is 0 Å². The standard InChI is InChI=1S/C21H17N3O2/c25-16-5-3-4-15(12-16)18-13-19-17-6-1-2-7-20(17)26-21(24(19)23-18)14-8-10-22-11-9-14/h1-12,19,21,25H,13H2/t19-,21-/m0/s1. The van der Waals surface area contributed by atoms with E-state index in [4.69, 9.17) is 9.84 Å². The van der Waals surface area contributed by atoms with Crippen molar-refractivity contribution in [3.05, 3.63) is 89.7 Å². The minimum absolute atomic E-state index is 0.107. The number of hydrazone groups is 1. The van der Waals surface area contributed by atoms with Crippen LogP contribution in [0, 0.1) is 0 Å². The van der Waals surface area contributed by atoms with Crippen molar-refractivity contribution in [2.75, 3.05) is 0 Å². The van der Waals surface area contributed by atoms with Crippen LogP contribution in [0.2, 0.25) is 0 Å². The highest BCUT2D eigenvalue weighted by Gasteiger charge is 2.40. The molecule has 2 aromatic carbocycles. The largest absolute Gasteiger partial charge is 0.508 e. The number of ether oxygens (including phenoxy) is 1. The van der Waals surface area contributed by atoms with Crippen LogP contribution in [0.5, 0.6) is 11.5 Å². The van der Waals surface area contributed by atoms with E-state index in [1.165, 1.54) is 0 Å². The maximum atomic E-state index is 9.82. The number of nitrogens with zero attached hydrogens (tertiary/aromatic N) is 3. The van der Waals surface area contributed by atoms with Crippen molar-refractivity contribution in [3.63, 3.8) is 0 Å². The molecule has 5 nitrogen and oxygen atoms in total. The first-order valence-corrected chi connectivity index (χ1v) is 8.60. The van der Waals surface area contributed by atoms with E-state index < -0.39 is 0 Å². The molecule has 0 fully saturated rings. The number of aromatic hydroxyl groups is 1. The molecule has 128 valence electrons. The summed E-state index contributed by atoms with van der Waals surface area (Å²) in [6.07, 6.45) is 4.01. The molecule has 0 spiro atoms. The molecule has 0 saturated carbocycles. The number of hydrogen-bond donors (Lipinski definition) is 1. The quantitative estimate of drug-likeness (QED) is 0.763. The summed E-state index contributed by atoms with van der Waals surface area (Å²) in [4.78, 5) is 4.10. The minimum atomic E-state index is -0.298. The molecule has 3 heterocycles. The maximum absolute atomic E-state index is 9.82. The Bertz CT molecular complexity index is 987. The van der Waals surface area contributed by atoms with Gasteiger partial charge in [-0.05, 0) is 30.3 Å². The second kappa shape index (κ2) is 5.88. The number of phenols is 1. The summed E-state index contributed by atoms with van der Waals surface area (Å²) >= 11 is 0. The van der Waals surface area contributed by atoms with E-state index in [1.54, 1.807) is 24.5 Å². The van der Waals surface area contributed by atoms with Crippen LogP contribution in [-0.4, -0.2) is 20.8 Å². The third kappa shape index (κ3) is 2.40. The van der Waals surface area contributed by atoms with Gasteiger partial charge >= 0.3 is 0 Å². The van der Waals surface area contributed by atoms with Gasteiger partial charge in [-0.1, -0.05) is 30.3 Å². The Kier molecular flexibility index (Phi) is 3.38. The summed E-state index contributed by atoms with van der Waals surface area (Å²) in [5, 5.41) is 16.7. The normalized spacial score (nSPS) is 20.8. The Morgan fingerprint density at radius 1 is 1.00 bits per heavy atom. The molecule has 5 heteroatoms. The van der Waals surface area contributed by atoms with Crippen molar-refractivity contribution in [3.8, 4) is 11.5 Å². The van der Waals surface area contributed by atoms with Crippen molar-refractivity contribution < 1.29 is 9.84 Å². The van der Waals surface area contributed by atoms with Gasteiger partial charge in [0.1, 0.15) is 11.5 Å². The summed E-state index contributed by atoms with van der Waals surface area (Å²) < 4.78 is 6.28. The number of fused-ring (bicyclic) bond motifs is 3. The lowest BCUT2D eigenvalue weighted by Crippen LogP contribution is -2.33. The zero-order valence-electron chi connectivity index (χ0n) is 14.0. The van der Waals surface area contributed by atoms with E-state index in [0.717, 1.165) is 34.6 Å². The van der Waals surface area contributed by atoms with Crippen molar-refractivity contribution in [1.82, 2.24) is 9.99 Å². The average molecular weight is 343 g/mol. The fraction of sp³-hybridized carbons (Fsp3) is 0.143. The van der Waals surface area contributed by atoms with E-state index in [9.17, 15) is 5.11 Å². The molecule has 2 aliphatic heterocycles. The van der Waals surface area contributed by atoms with Crippen LogP contribution in [0.25, 0.3) is 0 Å². The molecule has 2 atom stereocenters. The van der Waals surface area contributed by atoms with E-state index in [-0.39, 0.29) is 18.0 Å². The van der Waals surface area contributed by atoms with Gasteiger partial charge in [0.15, 0.2) is 0 Å². The Morgan fingerprint density at radius 3 is 2.69 bits per heavy atom. The second-order valence-electron chi connectivity index (χ2n) is 6.49. The molecule has 3 aromatic rings. The van der Waals surface area contributed by atoms with Crippen molar-refractivity contribution in [1.29, 1.82) is 0 Å². The monoisotopic (exact) mass is 343 g/mol. The highest BCUT2D eigenvalue weighted by Crippen LogP contribution is 2.47. The van der Waals surface area contributed by atoms with Gasteiger partial charge < -0.3 is 9.84 Å². The van der Waals surface area contributed by atoms with E-state index in [1.807, 2.05) is 47.5 Å². The Hall–Kier alpha value is -3.34. The highest BCUT2D eigenvalue weighted by molar-refractivity contribution is 6.02. The molecule has 0 unspecified atom stereocenters. The van der Waals surface area contributed by atoms with Crippen LogP contribution < -0.4 is 4.74 Å². The first-order chi connectivity index (χ1) is 12.8. The molecule has 26 heavy (non-hydrogen) atoms. The molecular weight excluding hydrogens is 326 g/mol. The van der Waals surface area contributed by atoms with Crippen molar-refractivity contribution in [2.24, 2.45) is 5.10 Å². The van der Waals surface area contributed by atoms with Crippen molar-refractivity contribution >= 4 is 5.71 Å². The molecule has 5 rings (SSSR count). The van der Waals surface area contributed by atoms with Gasteiger partial charge in [0, 0.05) is 35.5 Å². The second-order valence-corrected chi connectivity index (χ2v) is 6.49. The SMILES string of the molecule is Oc1cccc(C2=NN3[C@@H](C2)c2ccccc2O[C@H]3c2ccncc2)c1. The van der Waals surface area contributed by atoms with Gasteiger partial charge in [-0.3, -0.25) is 4.98 Å². The first kappa shape index (κ1) is 15.0. The van der Waals surface area contributed by atoms with Crippen molar-refractivity contribution in [2.45, 2.75) is 18.7 Å². The number of para-hydroxylation sites is 1. The molecule has 1 N–H and O–H groups in total. The Labute approximate surface area is 151 Å². The first-order valence-electron chi connectivity index (χ1n) is 8.60. The predicted molar refractivity (Wildman–Crippen MR) is 97.9 cm³/mol. The van der Waals surface area contributed by atoms with Crippen LogP contribution in [0.3, 0.4) is 0 Å². The Morgan fingerprint density at radius 2 is 1.85 bits per heavy atom. The number of hydrogen-bond acceptors (Lipinski definition) is 5. The molecule has 0 bridgehead atoms. The molecule has 1 aromatic heterocycles. The molecule has 0 aliphatic carbocycles. The number of phenolic OH excluding ortho intramolecular Hbond substituents is 1.